The molecule has 0 amide bonds. The molecular weight excluding hydrogens is 192 g/mol. The van der Waals surface area contributed by atoms with Crippen LogP contribution in [0, 0.1) is 29.1 Å². The summed E-state index contributed by atoms with van der Waals surface area (Å²) >= 11 is 0. The Hall–Kier alpha value is -0.520. The van der Waals surface area contributed by atoms with E-state index in [9.17, 15) is 0 Å². The zero-order chi connectivity index (χ0) is 10.1. The van der Waals surface area contributed by atoms with Crippen molar-refractivity contribution in [3.8, 4) is 0 Å². The van der Waals surface area contributed by atoms with E-state index in [2.05, 4.69) is 0 Å². The molecule has 0 bridgehead atoms. The molecule has 0 heteroatoms. The van der Waals surface area contributed by atoms with E-state index in [0.717, 1.165) is 23.7 Å². The van der Waals surface area contributed by atoms with Crippen molar-refractivity contribution in [1.82, 2.24) is 0 Å². The second kappa shape index (κ2) is 1.98. The van der Waals surface area contributed by atoms with E-state index in [4.69, 9.17) is 0 Å². The molecule has 6 rings (SSSR count). The van der Waals surface area contributed by atoms with Crippen LogP contribution in [0.4, 0.5) is 0 Å². The van der Waals surface area contributed by atoms with Gasteiger partial charge in [-0.1, -0.05) is 11.1 Å². The monoisotopic (exact) mass is 210 g/mol. The van der Waals surface area contributed by atoms with E-state index in [1.54, 1.807) is 44.9 Å². The predicted molar refractivity (Wildman–Crippen MR) is 62.8 cm³/mol. The molecular formula is C16H18. The van der Waals surface area contributed by atoms with Crippen molar-refractivity contribution in [1.29, 1.82) is 0 Å². The smallest absolute Gasteiger partial charge is 0.0138 e. The van der Waals surface area contributed by atoms with Crippen molar-refractivity contribution in [2.45, 2.75) is 44.9 Å². The Kier molecular flexibility index (Phi) is 0.956. The van der Waals surface area contributed by atoms with Crippen LogP contribution < -0.4 is 0 Å². The minimum absolute atomic E-state index is 0.698. The minimum Gasteiger partial charge on any atom is -0.0530 e. The summed E-state index contributed by atoms with van der Waals surface area (Å²) in [7, 11) is 0. The summed E-state index contributed by atoms with van der Waals surface area (Å²) in [6.07, 6.45) is 10.9. The van der Waals surface area contributed by atoms with Gasteiger partial charge in [0, 0.05) is 5.41 Å². The summed E-state index contributed by atoms with van der Waals surface area (Å²) in [5.41, 5.74) is 8.72. The van der Waals surface area contributed by atoms with Crippen molar-refractivity contribution in [2.75, 3.05) is 0 Å². The Bertz CT molecular complexity index is 458. The zero-order valence-electron chi connectivity index (χ0n) is 9.76. The first-order valence-electron chi connectivity index (χ1n) is 7.38. The molecule has 0 aromatic rings. The van der Waals surface area contributed by atoms with Gasteiger partial charge >= 0.3 is 0 Å². The van der Waals surface area contributed by atoms with Crippen LogP contribution in [0.3, 0.4) is 0 Å². The number of rotatable bonds is 0. The van der Waals surface area contributed by atoms with Crippen LogP contribution in [0.15, 0.2) is 22.3 Å². The molecule has 3 fully saturated rings. The van der Waals surface area contributed by atoms with Crippen LogP contribution in [0.25, 0.3) is 0 Å². The Labute approximate surface area is 96.8 Å². The molecule has 0 N–H and O–H groups in total. The van der Waals surface area contributed by atoms with Gasteiger partial charge in [-0.05, 0) is 79.8 Å². The highest BCUT2D eigenvalue weighted by molar-refractivity contribution is 5.66. The van der Waals surface area contributed by atoms with E-state index in [1.807, 2.05) is 22.3 Å². The molecule has 0 radical (unpaired) electrons. The summed E-state index contributed by atoms with van der Waals surface area (Å²) in [5, 5.41) is 0. The van der Waals surface area contributed by atoms with E-state index >= 15 is 0 Å². The van der Waals surface area contributed by atoms with Crippen molar-refractivity contribution in [2.24, 2.45) is 29.1 Å². The lowest BCUT2D eigenvalue weighted by atomic mass is 9.78. The van der Waals surface area contributed by atoms with Crippen molar-refractivity contribution in [3.05, 3.63) is 22.3 Å². The number of hydrogen-bond donors (Lipinski definition) is 0. The highest BCUT2D eigenvalue weighted by Gasteiger charge is 2.65. The van der Waals surface area contributed by atoms with E-state index in [-0.39, 0.29) is 0 Å². The van der Waals surface area contributed by atoms with Gasteiger partial charge < -0.3 is 0 Å². The van der Waals surface area contributed by atoms with Crippen LogP contribution in [-0.4, -0.2) is 0 Å². The third-order valence-corrected chi connectivity index (χ3v) is 7.08. The van der Waals surface area contributed by atoms with Crippen molar-refractivity contribution in [3.63, 3.8) is 0 Å². The summed E-state index contributed by atoms with van der Waals surface area (Å²) in [5.74, 6) is 4.17. The van der Waals surface area contributed by atoms with Gasteiger partial charge in [0.15, 0.2) is 0 Å². The normalized spacial score (nSPS) is 58.5. The summed E-state index contributed by atoms with van der Waals surface area (Å²) < 4.78 is 0. The Balaban J connectivity index is 1.78. The average Bonchev–Trinajstić information content (AvgIpc) is 2.94. The maximum absolute atomic E-state index is 2.03. The molecule has 0 aromatic heterocycles. The minimum atomic E-state index is 0.698. The first-order chi connectivity index (χ1) is 7.88. The Morgan fingerprint density at radius 3 is 1.75 bits per heavy atom. The Morgan fingerprint density at radius 2 is 1.19 bits per heavy atom. The van der Waals surface area contributed by atoms with Crippen molar-refractivity contribution < 1.29 is 0 Å². The highest BCUT2D eigenvalue weighted by atomic mass is 14.7. The largest absolute Gasteiger partial charge is 0.0530 e. The van der Waals surface area contributed by atoms with Crippen LogP contribution in [0.2, 0.25) is 0 Å². The fourth-order valence-corrected chi connectivity index (χ4v) is 7.01. The molecule has 0 aromatic carbocycles. The van der Waals surface area contributed by atoms with Crippen LogP contribution in [0.5, 0.6) is 0 Å². The molecule has 1 spiro atoms. The lowest BCUT2D eigenvalue weighted by Gasteiger charge is -2.25. The molecule has 0 heterocycles. The van der Waals surface area contributed by atoms with Crippen molar-refractivity contribution >= 4 is 0 Å². The van der Waals surface area contributed by atoms with Gasteiger partial charge in [0.25, 0.3) is 0 Å². The maximum atomic E-state index is 2.03. The summed E-state index contributed by atoms with van der Waals surface area (Å²) in [6, 6.07) is 0. The summed E-state index contributed by atoms with van der Waals surface area (Å²) in [4.78, 5) is 0. The highest BCUT2D eigenvalue weighted by Crippen LogP contribution is 2.78. The molecule has 4 atom stereocenters. The molecule has 6 aliphatic carbocycles. The fourth-order valence-electron chi connectivity index (χ4n) is 7.01. The quantitative estimate of drug-likeness (QED) is 0.570. The van der Waals surface area contributed by atoms with Crippen LogP contribution >= 0.6 is 0 Å². The molecule has 16 heavy (non-hydrogen) atoms. The molecule has 6 aliphatic rings. The third kappa shape index (κ3) is 0.521. The second-order valence-corrected chi connectivity index (χ2v) is 7.31. The third-order valence-electron chi connectivity index (χ3n) is 7.08. The van der Waals surface area contributed by atoms with Gasteiger partial charge in [0.05, 0.1) is 0 Å². The van der Waals surface area contributed by atoms with Gasteiger partial charge in [-0.15, -0.1) is 0 Å². The number of allylic oxidation sites excluding steroid dienone is 4. The van der Waals surface area contributed by atoms with Gasteiger partial charge in [-0.25, -0.2) is 0 Å². The van der Waals surface area contributed by atoms with Gasteiger partial charge in [-0.3, -0.25) is 0 Å². The fraction of sp³-hybridized carbons (Fsp3) is 0.750. The summed E-state index contributed by atoms with van der Waals surface area (Å²) in [6.45, 7) is 0. The molecule has 4 unspecified atom stereocenters. The molecule has 0 aliphatic heterocycles. The molecule has 0 saturated heterocycles. The lowest BCUT2D eigenvalue weighted by molar-refractivity contribution is 0.417. The SMILES string of the molecule is C1C2CC3CCC45CCC6CC1C(=C64)C2=C35. The van der Waals surface area contributed by atoms with Crippen LogP contribution in [-0.2, 0) is 0 Å². The first-order valence-corrected chi connectivity index (χ1v) is 7.38. The van der Waals surface area contributed by atoms with E-state index in [0.29, 0.717) is 5.41 Å². The Morgan fingerprint density at radius 1 is 0.688 bits per heavy atom. The van der Waals surface area contributed by atoms with Gasteiger partial charge in [0.2, 0.25) is 0 Å². The lowest BCUT2D eigenvalue weighted by Crippen LogP contribution is -2.15. The molecule has 0 nitrogen and oxygen atoms in total. The van der Waals surface area contributed by atoms with E-state index in [1.165, 1.54) is 0 Å². The first kappa shape index (κ1) is 7.74. The topological polar surface area (TPSA) is 0 Å². The standard InChI is InChI=1S/C16H18/c1-3-16-4-2-9-6-11-7-10-5-8(1)14(16)12(10)13(11)15(9)16/h8-11H,1-7H2. The maximum Gasteiger partial charge on any atom is 0.0138 e. The zero-order valence-corrected chi connectivity index (χ0v) is 9.76. The van der Waals surface area contributed by atoms with Gasteiger partial charge in [-0.2, -0.15) is 0 Å². The number of hydrogen-bond acceptors (Lipinski definition) is 0. The van der Waals surface area contributed by atoms with Crippen LogP contribution in [0.1, 0.15) is 44.9 Å². The predicted octanol–water partition coefficient (Wildman–Crippen LogP) is 3.84. The molecule has 3 saturated carbocycles. The molecule has 82 valence electrons. The van der Waals surface area contributed by atoms with Gasteiger partial charge in [0.1, 0.15) is 0 Å². The second-order valence-electron chi connectivity index (χ2n) is 7.31. The van der Waals surface area contributed by atoms with E-state index < -0.39 is 0 Å². The average molecular weight is 210 g/mol.